The van der Waals surface area contributed by atoms with Crippen LogP contribution in [0.1, 0.15) is 35.7 Å². The lowest BCUT2D eigenvalue weighted by molar-refractivity contribution is 0.342. The van der Waals surface area contributed by atoms with Crippen LogP contribution in [0, 0.1) is 6.92 Å². The maximum Gasteiger partial charge on any atom is 0.159 e. The van der Waals surface area contributed by atoms with Crippen LogP contribution in [0.25, 0.3) is 17.6 Å². The minimum absolute atomic E-state index is 0.448. The van der Waals surface area contributed by atoms with E-state index in [-0.39, 0.29) is 0 Å². The summed E-state index contributed by atoms with van der Waals surface area (Å²) in [6.45, 7) is 4.13. The average Bonchev–Trinajstić information content (AvgIpc) is 3.30. The number of anilines is 1. The Morgan fingerprint density at radius 2 is 1.93 bits per heavy atom. The second kappa shape index (κ2) is 7.32. The van der Waals surface area contributed by atoms with Crippen molar-refractivity contribution >= 4 is 17.5 Å². The normalized spacial score (nSPS) is 16.0. The molecule has 1 saturated heterocycles. The topological polar surface area (TPSA) is 86.8 Å². The van der Waals surface area contributed by atoms with Crippen LogP contribution in [-0.4, -0.2) is 27.4 Å². The van der Waals surface area contributed by atoms with E-state index in [1.807, 2.05) is 47.2 Å². The number of hydrogen-bond donors (Lipinski definition) is 3. The summed E-state index contributed by atoms with van der Waals surface area (Å²) in [5.41, 5.74) is 17.0. The number of benzene rings is 1. The number of nitrogens with two attached hydrogens (primary N) is 2. The lowest BCUT2D eigenvalue weighted by atomic mass is 10.1. The molecule has 0 saturated carbocycles. The Labute approximate surface area is 159 Å². The first kappa shape index (κ1) is 17.4. The van der Waals surface area contributed by atoms with Crippen LogP contribution in [-0.2, 0) is 0 Å². The minimum atomic E-state index is 0.448. The van der Waals surface area contributed by atoms with E-state index in [9.17, 15) is 0 Å². The zero-order valence-corrected chi connectivity index (χ0v) is 15.6. The molecule has 1 aliphatic heterocycles. The molecule has 1 aliphatic rings. The van der Waals surface area contributed by atoms with Crippen LogP contribution in [0.5, 0.6) is 0 Å². The van der Waals surface area contributed by atoms with Crippen molar-refractivity contribution < 1.29 is 0 Å². The highest BCUT2D eigenvalue weighted by Crippen LogP contribution is 2.25. The minimum Gasteiger partial charge on any atom is -0.398 e. The van der Waals surface area contributed by atoms with Gasteiger partial charge in [-0.2, -0.15) is 5.10 Å². The fourth-order valence-corrected chi connectivity index (χ4v) is 3.67. The van der Waals surface area contributed by atoms with Gasteiger partial charge in [-0.1, -0.05) is 24.3 Å². The summed E-state index contributed by atoms with van der Waals surface area (Å²) in [6.07, 6.45) is 8.13. The number of piperidine rings is 1. The molecule has 6 heteroatoms. The van der Waals surface area contributed by atoms with Crippen molar-refractivity contribution in [2.24, 2.45) is 5.73 Å². The number of nitrogens with zero attached hydrogens (tertiary/aromatic N) is 3. The van der Waals surface area contributed by atoms with Gasteiger partial charge >= 0.3 is 0 Å². The zero-order valence-electron chi connectivity index (χ0n) is 15.6. The summed E-state index contributed by atoms with van der Waals surface area (Å²) in [5, 5.41) is 8.19. The molecule has 3 aromatic rings. The Bertz CT molecular complexity index is 959. The van der Waals surface area contributed by atoms with Crippen molar-refractivity contribution in [3.63, 3.8) is 0 Å². The molecular weight excluding hydrogens is 336 g/mol. The Hall–Kier alpha value is -2.99. The highest BCUT2D eigenvalue weighted by atomic mass is 15.3. The molecule has 0 unspecified atom stereocenters. The summed E-state index contributed by atoms with van der Waals surface area (Å²) in [6, 6.07) is 12.4. The van der Waals surface area contributed by atoms with Gasteiger partial charge in [-0.25, -0.2) is 0 Å². The van der Waals surface area contributed by atoms with E-state index in [1.165, 1.54) is 0 Å². The van der Waals surface area contributed by atoms with Crippen molar-refractivity contribution in [1.29, 1.82) is 0 Å². The fourth-order valence-electron chi connectivity index (χ4n) is 3.67. The molecule has 0 radical (unpaired) electrons. The predicted octanol–water partition coefficient (Wildman–Crippen LogP) is 2.95. The fraction of sp³-hybridized carbons (Fsp3) is 0.286. The summed E-state index contributed by atoms with van der Waals surface area (Å²) >= 11 is 0. The van der Waals surface area contributed by atoms with Crippen LogP contribution >= 0.6 is 0 Å². The summed E-state index contributed by atoms with van der Waals surface area (Å²) in [4.78, 5) is 0. The van der Waals surface area contributed by atoms with Crippen LogP contribution in [0.15, 0.2) is 48.8 Å². The molecule has 27 heavy (non-hydrogen) atoms. The third-order valence-corrected chi connectivity index (χ3v) is 5.23. The van der Waals surface area contributed by atoms with Crippen molar-refractivity contribution in [3.8, 4) is 5.82 Å². The number of aryl methyl sites for hydroxylation is 1. The van der Waals surface area contributed by atoms with Crippen molar-refractivity contribution in [2.45, 2.75) is 25.8 Å². The third-order valence-electron chi connectivity index (χ3n) is 5.23. The summed E-state index contributed by atoms with van der Waals surface area (Å²) in [7, 11) is 0. The second-order valence-corrected chi connectivity index (χ2v) is 7.08. The lowest BCUT2D eigenvalue weighted by Crippen LogP contribution is -2.29. The van der Waals surface area contributed by atoms with Crippen molar-refractivity contribution in [2.75, 3.05) is 18.8 Å². The quantitative estimate of drug-likeness (QED) is 0.666. The van der Waals surface area contributed by atoms with Gasteiger partial charge in [0.25, 0.3) is 0 Å². The summed E-state index contributed by atoms with van der Waals surface area (Å²) < 4.78 is 4.07. The zero-order chi connectivity index (χ0) is 18.8. The number of nitrogen functional groups attached to an aromatic ring is 1. The molecule has 3 heterocycles. The van der Waals surface area contributed by atoms with E-state index in [0.717, 1.165) is 48.6 Å². The van der Waals surface area contributed by atoms with Gasteiger partial charge in [0, 0.05) is 29.7 Å². The number of rotatable bonds is 4. The molecular formula is C21H26N6. The number of hydrogen-bond acceptors (Lipinski definition) is 4. The van der Waals surface area contributed by atoms with Crippen LogP contribution in [0.2, 0.25) is 0 Å². The highest BCUT2D eigenvalue weighted by Gasteiger charge is 2.17. The van der Waals surface area contributed by atoms with E-state index in [2.05, 4.69) is 29.2 Å². The van der Waals surface area contributed by atoms with Crippen molar-refractivity contribution in [3.05, 3.63) is 65.6 Å². The maximum absolute atomic E-state index is 6.38. The van der Waals surface area contributed by atoms with Gasteiger partial charge in [0.15, 0.2) is 5.82 Å². The molecule has 1 aromatic carbocycles. The Morgan fingerprint density at radius 1 is 1.15 bits per heavy atom. The molecule has 0 atom stereocenters. The molecule has 140 valence electrons. The Balaban J connectivity index is 1.67. The molecule has 0 spiro atoms. The van der Waals surface area contributed by atoms with E-state index in [4.69, 9.17) is 16.6 Å². The van der Waals surface area contributed by atoms with Gasteiger partial charge < -0.3 is 16.8 Å². The first-order valence-corrected chi connectivity index (χ1v) is 9.40. The number of nitrogens with one attached hydrogen (secondary N) is 1. The van der Waals surface area contributed by atoms with Crippen LogP contribution in [0.3, 0.4) is 0 Å². The first-order chi connectivity index (χ1) is 13.1. The van der Waals surface area contributed by atoms with Gasteiger partial charge in [0.1, 0.15) is 0 Å². The van der Waals surface area contributed by atoms with Gasteiger partial charge in [0.2, 0.25) is 0 Å². The molecule has 0 amide bonds. The molecule has 0 aliphatic carbocycles. The summed E-state index contributed by atoms with van der Waals surface area (Å²) in [5.74, 6) is 0.856. The molecule has 5 N–H and O–H groups in total. The maximum atomic E-state index is 6.38. The largest absolute Gasteiger partial charge is 0.398 e. The Kier molecular flexibility index (Phi) is 4.73. The van der Waals surface area contributed by atoms with Gasteiger partial charge in [-0.05, 0) is 50.6 Å². The number of aromatic nitrogens is 3. The first-order valence-electron chi connectivity index (χ1n) is 9.40. The molecule has 4 rings (SSSR count). The highest BCUT2D eigenvalue weighted by molar-refractivity contribution is 5.83. The Morgan fingerprint density at radius 3 is 2.70 bits per heavy atom. The molecule has 0 bridgehead atoms. The van der Waals surface area contributed by atoms with E-state index in [1.54, 1.807) is 0 Å². The van der Waals surface area contributed by atoms with E-state index >= 15 is 0 Å². The standard InChI is InChI=1S/C21H26N6/c1-15-4-2-3-5-17(15)19(23)14-20-18(22)8-12-26(20)21-9-13-27(25-21)16-6-10-24-11-7-16/h2-5,8-9,12-14,16,24H,6-7,10-11,22-23H2,1H3/b19-14-. The monoisotopic (exact) mass is 362 g/mol. The molecule has 6 nitrogen and oxygen atoms in total. The smallest absolute Gasteiger partial charge is 0.159 e. The van der Waals surface area contributed by atoms with Crippen LogP contribution in [0.4, 0.5) is 5.69 Å². The predicted molar refractivity (Wildman–Crippen MR) is 110 cm³/mol. The SMILES string of the molecule is Cc1ccccc1/C(N)=C/c1c(N)ccn1-c1ccn(C2CCNCC2)n1. The van der Waals surface area contributed by atoms with E-state index < -0.39 is 0 Å². The lowest BCUT2D eigenvalue weighted by Gasteiger charge is -2.22. The third kappa shape index (κ3) is 3.48. The molecule has 1 fully saturated rings. The van der Waals surface area contributed by atoms with Crippen molar-refractivity contribution in [1.82, 2.24) is 19.7 Å². The van der Waals surface area contributed by atoms with E-state index in [0.29, 0.717) is 17.4 Å². The van der Waals surface area contributed by atoms with Gasteiger partial charge in [0.05, 0.1) is 17.4 Å². The average molecular weight is 362 g/mol. The van der Waals surface area contributed by atoms with Gasteiger partial charge in [-0.3, -0.25) is 9.25 Å². The molecule has 2 aromatic heterocycles. The van der Waals surface area contributed by atoms with Gasteiger partial charge in [-0.15, -0.1) is 0 Å². The second-order valence-electron chi connectivity index (χ2n) is 7.08. The van der Waals surface area contributed by atoms with Crippen LogP contribution < -0.4 is 16.8 Å².